The van der Waals surface area contributed by atoms with Crippen LogP contribution in [0.3, 0.4) is 0 Å². The van der Waals surface area contributed by atoms with Crippen LogP contribution in [0, 0.1) is 17.3 Å². The molecule has 0 aromatic heterocycles. The molecule has 0 saturated heterocycles. The third-order valence-electron chi connectivity index (χ3n) is 6.89. The second kappa shape index (κ2) is 15.2. The molecule has 1 fully saturated rings. The summed E-state index contributed by atoms with van der Waals surface area (Å²) in [7, 11) is 1.35. The third kappa shape index (κ3) is 9.73. The van der Waals surface area contributed by atoms with Gasteiger partial charge >= 0.3 is 5.97 Å². The van der Waals surface area contributed by atoms with Crippen molar-refractivity contribution in [2.75, 3.05) is 20.3 Å². The van der Waals surface area contributed by atoms with Crippen LogP contribution >= 0.6 is 0 Å². The van der Waals surface area contributed by atoms with E-state index in [1.807, 2.05) is 6.08 Å². The number of methoxy groups -OCH3 is 1. The first-order valence-corrected chi connectivity index (χ1v) is 12.6. The van der Waals surface area contributed by atoms with Gasteiger partial charge in [0.15, 0.2) is 11.6 Å². The average molecular weight is 509 g/mol. The van der Waals surface area contributed by atoms with Crippen molar-refractivity contribution in [2.24, 2.45) is 17.3 Å². The van der Waals surface area contributed by atoms with Gasteiger partial charge in [-0.1, -0.05) is 25.7 Å². The number of ether oxygens (including phenoxy) is 2. The number of aliphatic hydroxyl groups excluding tert-OH is 3. The van der Waals surface area contributed by atoms with Crippen LogP contribution in [0.2, 0.25) is 0 Å². The van der Waals surface area contributed by atoms with Crippen molar-refractivity contribution in [2.45, 2.75) is 84.5 Å². The summed E-state index contributed by atoms with van der Waals surface area (Å²) in [4.78, 5) is 36.6. The van der Waals surface area contributed by atoms with Gasteiger partial charge in [-0.25, -0.2) is 0 Å². The molecule has 0 radical (unpaired) electrons. The Labute approximate surface area is 215 Å². The maximum absolute atomic E-state index is 12.3. The summed E-state index contributed by atoms with van der Waals surface area (Å²) >= 11 is 0. The van der Waals surface area contributed by atoms with Gasteiger partial charge in [0.2, 0.25) is 0 Å². The molecule has 1 aliphatic carbocycles. The first kappa shape index (κ1) is 31.9. The Hall–Kier alpha value is -2.13. The zero-order valence-electron chi connectivity index (χ0n) is 22.4. The molecule has 3 atom stereocenters. The van der Waals surface area contributed by atoms with E-state index in [-0.39, 0.29) is 30.0 Å². The van der Waals surface area contributed by atoms with Crippen LogP contribution in [0.1, 0.15) is 66.2 Å². The minimum absolute atomic E-state index is 0.0972. The summed E-state index contributed by atoms with van der Waals surface area (Å²) in [6, 6.07) is 0. The summed E-state index contributed by atoms with van der Waals surface area (Å²) in [6.45, 7) is 9.43. The molecule has 0 aromatic carbocycles. The number of Topliss-reactive ketones (excluding diaryl/α,β-unsaturated/α-hetero) is 1. The van der Waals surface area contributed by atoms with Gasteiger partial charge in [-0.15, -0.1) is 0 Å². The van der Waals surface area contributed by atoms with Gasteiger partial charge < -0.3 is 24.8 Å². The monoisotopic (exact) mass is 508 g/mol. The lowest BCUT2D eigenvalue weighted by atomic mass is 9.81. The number of hydrogen-bond donors (Lipinski definition) is 3. The Bertz CT molecular complexity index is 815. The van der Waals surface area contributed by atoms with E-state index in [9.17, 15) is 29.7 Å². The number of ketones is 2. The van der Waals surface area contributed by atoms with E-state index in [1.54, 1.807) is 26.0 Å². The molecule has 0 aliphatic heterocycles. The quantitative estimate of drug-likeness (QED) is 0.175. The molecule has 8 nitrogen and oxygen atoms in total. The SMILES string of the molecule is C=C(C)C(=O)[C@H](OC)[C@H](O)/C(C)=C/CC(=O)/C=C/[C@H](C)CC1CCC(OC(=O)C(C)(CO)CO)CC1. The number of esters is 1. The van der Waals surface area contributed by atoms with E-state index in [1.165, 1.54) is 14.0 Å². The zero-order chi connectivity index (χ0) is 27.5. The van der Waals surface area contributed by atoms with E-state index in [0.29, 0.717) is 17.1 Å². The second-order valence-electron chi connectivity index (χ2n) is 10.4. The van der Waals surface area contributed by atoms with Crippen LogP contribution < -0.4 is 0 Å². The maximum Gasteiger partial charge on any atom is 0.316 e. The zero-order valence-corrected chi connectivity index (χ0v) is 22.4. The van der Waals surface area contributed by atoms with Gasteiger partial charge in [0, 0.05) is 13.5 Å². The fourth-order valence-corrected chi connectivity index (χ4v) is 4.15. The van der Waals surface area contributed by atoms with E-state index >= 15 is 0 Å². The number of allylic oxidation sites excluding steroid dienone is 3. The molecule has 0 unspecified atom stereocenters. The fraction of sp³-hybridized carbons (Fsp3) is 0.679. The topological polar surface area (TPSA) is 130 Å². The summed E-state index contributed by atoms with van der Waals surface area (Å²) < 4.78 is 10.6. The van der Waals surface area contributed by atoms with E-state index in [0.717, 1.165) is 32.1 Å². The van der Waals surface area contributed by atoms with Crippen LogP contribution in [0.4, 0.5) is 0 Å². The number of rotatable bonds is 15. The van der Waals surface area contributed by atoms with E-state index in [4.69, 9.17) is 9.47 Å². The Morgan fingerprint density at radius 3 is 2.19 bits per heavy atom. The van der Waals surface area contributed by atoms with Gasteiger partial charge in [-0.3, -0.25) is 14.4 Å². The minimum Gasteiger partial charge on any atom is -0.462 e. The number of carbonyl (C=O) groups is 3. The smallest absolute Gasteiger partial charge is 0.316 e. The van der Waals surface area contributed by atoms with Crippen LogP contribution in [0.15, 0.2) is 36.0 Å². The van der Waals surface area contributed by atoms with Crippen molar-refractivity contribution in [3.05, 3.63) is 36.0 Å². The molecule has 0 bridgehead atoms. The highest BCUT2D eigenvalue weighted by Gasteiger charge is 2.36. The second-order valence-corrected chi connectivity index (χ2v) is 10.4. The Morgan fingerprint density at radius 1 is 1.11 bits per heavy atom. The Kier molecular flexibility index (Phi) is 13.5. The van der Waals surface area contributed by atoms with E-state index < -0.39 is 36.8 Å². The highest BCUT2D eigenvalue weighted by molar-refractivity contribution is 5.98. The predicted octanol–water partition coefficient (Wildman–Crippen LogP) is 3.09. The summed E-state index contributed by atoms with van der Waals surface area (Å²) in [5.74, 6) is -0.376. The molecular weight excluding hydrogens is 464 g/mol. The minimum atomic E-state index is -1.28. The van der Waals surface area contributed by atoms with E-state index in [2.05, 4.69) is 13.5 Å². The molecule has 1 rings (SSSR count). The van der Waals surface area contributed by atoms with Gasteiger partial charge in [-0.05, 0) is 81.9 Å². The van der Waals surface area contributed by atoms with Crippen LogP contribution in [-0.2, 0) is 23.9 Å². The van der Waals surface area contributed by atoms with Crippen molar-refractivity contribution >= 4 is 17.5 Å². The Morgan fingerprint density at radius 2 is 1.69 bits per heavy atom. The molecule has 3 N–H and O–H groups in total. The fourth-order valence-electron chi connectivity index (χ4n) is 4.15. The standard InChI is InChI=1S/C28H44O8/c1-18(2)24(32)26(35-6)25(33)20(4)8-12-22(31)11-7-19(3)15-21-9-13-23(14-10-21)36-27(34)28(5,16-29)17-30/h7-8,11,19,21,23,25-26,29-30,33H,1,9-10,12-17H2,2-6H3/b11-7+,20-8+/t19-,21?,23?,25+,26-/m0/s1. The van der Waals surface area contributed by atoms with Gasteiger partial charge in [0.25, 0.3) is 0 Å². The van der Waals surface area contributed by atoms with Crippen LogP contribution in [-0.4, -0.2) is 71.5 Å². The molecule has 8 heteroatoms. The largest absolute Gasteiger partial charge is 0.462 e. The van der Waals surface area contributed by atoms with Crippen LogP contribution in [0.5, 0.6) is 0 Å². The van der Waals surface area contributed by atoms with Crippen LogP contribution in [0.25, 0.3) is 0 Å². The van der Waals surface area contributed by atoms with Gasteiger partial charge in [-0.2, -0.15) is 0 Å². The molecule has 1 aliphatic rings. The lowest BCUT2D eigenvalue weighted by Crippen LogP contribution is -2.39. The number of aliphatic hydroxyl groups is 3. The molecule has 0 amide bonds. The van der Waals surface area contributed by atoms with Crippen molar-refractivity contribution in [3.63, 3.8) is 0 Å². The summed E-state index contributed by atoms with van der Waals surface area (Å²) in [6.07, 6.45) is 6.99. The van der Waals surface area contributed by atoms with Gasteiger partial charge in [0.1, 0.15) is 23.7 Å². The lowest BCUT2D eigenvalue weighted by Gasteiger charge is -2.32. The molecule has 36 heavy (non-hydrogen) atoms. The molecular formula is C28H44O8. The van der Waals surface area contributed by atoms with Crippen molar-refractivity contribution < 1.29 is 39.2 Å². The Balaban J connectivity index is 2.49. The summed E-state index contributed by atoms with van der Waals surface area (Å²) in [5.41, 5.74) is -0.494. The normalized spacial score (nSPS) is 21.6. The maximum atomic E-state index is 12.3. The summed E-state index contributed by atoms with van der Waals surface area (Å²) in [5, 5.41) is 29.1. The van der Waals surface area contributed by atoms with Crippen molar-refractivity contribution in [1.82, 2.24) is 0 Å². The molecule has 204 valence electrons. The molecule has 1 saturated carbocycles. The predicted molar refractivity (Wildman–Crippen MR) is 137 cm³/mol. The highest BCUT2D eigenvalue weighted by atomic mass is 16.5. The molecule has 0 aromatic rings. The number of carbonyl (C=O) groups excluding carboxylic acids is 3. The first-order chi connectivity index (χ1) is 16.9. The highest BCUT2D eigenvalue weighted by Crippen LogP contribution is 2.32. The average Bonchev–Trinajstić information content (AvgIpc) is 2.86. The molecule has 0 heterocycles. The number of hydrogen-bond acceptors (Lipinski definition) is 8. The van der Waals surface area contributed by atoms with Crippen molar-refractivity contribution in [1.29, 1.82) is 0 Å². The third-order valence-corrected chi connectivity index (χ3v) is 6.89. The van der Waals surface area contributed by atoms with Crippen molar-refractivity contribution in [3.8, 4) is 0 Å². The molecule has 0 spiro atoms. The lowest BCUT2D eigenvalue weighted by molar-refractivity contribution is -0.167. The first-order valence-electron chi connectivity index (χ1n) is 12.6. The van der Waals surface area contributed by atoms with Gasteiger partial charge in [0.05, 0.1) is 13.2 Å².